The molecule has 0 saturated heterocycles. The van der Waals surface area contributed by atoms with Crippen molar-refractivity contribution >= 4 is 16.9 Å². The molecule has 0 atom stereocenters. The Morgan fingerprint density at radius 3 is 2.79 bits per heavy atom. The monoisotopic (exact) mass is 256 g/mol. The summed E-state index contributed by atoms with van der Waals surface area (Å²) >= 11 is 0. The molecule has 0 unspecified atom stereocenters. The third-order valence-electron chi connectivity index (χ3n) is 3.13. The van der Waals surface area contributed by atoms with Gasteiger partial charge in [-0.1, -0.05) is 12.1 Å². The van der Waals surface area contributed by atoms with E-state index in [0.29, 0.717) is 11.5 Å². The van der Waals surface area contributed by atoms with Crippen LogP contribution in [-0.4, -0.2) is 20.9 Å². The van der Waals surface area contributed by atoms with E-state index in [9.17, 15) is 4.79 Å². The van der Waals surface area contributed by atoms with Crippen LogP contribution in [-0.2, 0) is 7.05 Å². The number of aromatic nitrogens is 2. The quantitative estimate of drug-likeness (QED) is 0.765. The van der Waals surface area contributed by atoms with Crippen molar-refractivity contribution in [2.24, 2.45) is 7.05 Å². The number of rotatable bonds is 2. The van der Waals surface area contributed by atoms with Gasteiger partial charge in [-0.25, -0.2) is 4.79 Å². The maximum Gasteiger partial charge on any atom is 0.356 e. The molecule has 0 aliphatic rings. The summed E-state index contributed by atoms with van der Waals surface area (Å²) in [5.41, 5.74) is 2.56. The molecule has 0 fully saturated rings. The first-order chi connectivity index (χ1) is 9.06. The van der Waals surface area contributed by atoms with Gasteiger partial charge >= 0.3 is 5.97 Å². The number of furan rings is 1. The highest BCUT2D eigenvalue weighted by Crippen LogP contribution is 2.29. The molecular formula is C14H12N2O3. The lowest BCUT2D eigenvalue weighted by molar-refractivity contribution is 0.0689. The average Bonchev–Trinajstić information content (AvgIpc) is 2.93. The molecule has 3 rings (SSSR count). The molecule has 0 aliphatic carbocycles. The van der Waals surface area contributed by atoms with Gasteiger partial charge in [-0.2, -0.15) is 5.10 Å². The zero-order chi connectivity index (χ0) is 13.6. The van der Waals surface area contributed by atoms with E-state index in [-0.39, 0.29) is 5.69 Å². The van der Waals surface area contributed by atoms with Crippen LogP contribution in [0.2, 0.25) is 0 Å². The normalized spacial score (nSPS) is 11.1. The second-order valence-corrected chi connectivity index (χ2v) is 4.44. The number of carbonyl (C=O) groups is 1. The van der Waals surface area contributed by atoms with Gasteiger partial charge in [-0.15, -0.1) is 0 Å². The standard InChI is InChI=1S/C14H12N2O3/c1-8-4-3-5-12-9(8)6-13(19-12)11-7-10(14(17)18)15-16(11)2/h3-7H,1-2H3,(H,17,18). The SMILES string of the molecule is Cc1cccc2oc(-c3cc(C(=O)O)nn3C)cc12. The fourth-order valence-electron chi connectivity index (χ4n) is 2.14. The molecule has 0 bridgehead atoms. The second-order valence-electron chi connectivity index (χ2n) is 4.44. The van der Waals surface area contributed by atoms with Gasteiger partial charge in [0, 0.05) is 18.5 Å². The molecule has 3 aromatic rings. The van der Waals surface area contributed by atoms with E-state index in [1.54, 1.807) is 7.05 Å². The van der Waals surface area contributed by atoms with E-state index in [4.69, 9.17) is 9.52 Å². The van der Waals surface area contributed by atoms with Gasteiger partial charge in [0.05, 0.1) is 0 Å². The Bertz CT molecular complexity index is 783. The van der Waals surface area contributed by atoms with Crippen LogP contribution < -0.4 is 0 Å². The lowest BCUT2D eigenvalue weighted by Gasteiger charge is -1.95. The van der Waals surface area contributed by atoms with Gasteiger partial charge in [0.1, 0.15) is 11.3 Å². The van der Waals surface area contributed by atoms with Gasteiger partial charge in [0.25, 0.3) is 0 Å². The highest BCUT2D eigenvalue weighted by Gasteiger charge is 2.16. The van der Waals surface area contributed by atoms with E-state index in [0.717, 1.165) is 16.5 Å². The van der Waals surface area contributed by atoms with Crippen LogP contribution in [0.25, 0.3) is 22.4 Å². The van der Waals surface area contributed by atoms with Crippen molar-refractivity contribution in [3.8, 4) is 11.5 Å². The zero-order valence-electron chi connectivity index (χ0n) is 10.5. The lowest BCUT2D eigenvalue weighted by atomic mass is 10.1. The van der Waals surface area contributed by atoms with Gasteiger partial charge in [0.2, 0.25) is 0 Å². The molecule has 0 radical (unpaired) electrons. The van der Waals surface area contributed by atoms with E-state index < -0.39 is 5.97 Å². The van der Waals surface area contributed by atoms with Crippen molar-refractivity contribution in [3.05, 3.63) is 41.6 Å². The number of carboxylic acids is 1. The van der Waals surface area contributed by atoms with Crippen molar-refractivity contribution < 1.29 is 14.3 Å². The predicted octanol–water partition coefficient (Wildman–Crippen LogP) is 2.84. The van der Waals surface area contributed by atoms with E-state index in [1.165, 1.54) is 10.7 Å². The first kappa shape index (κ1) is 11.5. The molecule has 5 heteroatoms. The summed E-state index contributed by atoms with van der Waals surface area (Å²) in [5.74, 6) is -0.430. The van der Waals surface area contributed by atoms with Crippen LogP contribution in [0.4, 0.5) is 0 Å². The highest BCUT2D eigenvalue weighted by atomic mass is 16.4. The molecule has 2 heterocycles. The molecule has 0 aliphatic heterocycles. The van der Waals surface area contributed by atoms with Crippen molar-refractivity contribution in [3.63, 3.8) is 0 Å². The summed E-state index contributed by atoms with van der Waals surface area (Å²) in [6, 6.07) is 9.24. The maximum atomic E-state index is 10.9. The minimum Gasteiger partial charge on any atom is -0.476 e. The van der Waals surface area contributed by atoms with Crippen LogP contribution in [0.3, 0.4) is 0 Å². The Hall–Kier alpha value is -2.56. The topological polar surface area (TPSA) is 68.3 Å². The van der Waals surface area contributed by atoms with Crippen molar-refractivity contribution in [1.29, 1.82) is 0 Å². The van der Waals surface area contributed by atoms with Crippen molar-refractivity contribution in [2.75, 3.05) is 0 Å². The predicted molar refractivity (Wildman–Crippen MR) is 70.1 cm³/mol. The summed E-state index contributed by atoms with van der Waals surface area (Å²) in [4.78, 5) is 10.9. The summed E-state index contributed by atoms with van der Waals surface area (Å²) in [6.07, 6.45) is 0. The number of carboxylic acid groups (broad SMARTS) is 1. The van der Waals surface area contributed by atoms with Crippen LogP contribution >= 0.6 is 0 Å². The summed E-state index contributed by atoms with van der Waals surface area (Å²) < 4.78 is 7.27. The summed E-state index contributed by atoms with van der Waals surface area (Å²) in [7, 11) is 1.70. The number of fused-ring (bicyclic) bond motifs is 1. The van der Waals surface area contributed by atoms with Gasteiger partial charge in [0.15, 0.2) is 11.5 Å². The number of benzene rings is 1. The zero-order valence-corrected chi connectivity index (χ0v) is 10.5. The molecule has 19 heavy (non-hydrogen) atoms. The smallest absolute Gasteiger partial charge is 0.356 e. The van der Waals surface area contributed by atoms with E-state index in [1.807, 2.05) is 31.2 Å². The number of hydrogen-bond donors (Lipinski definition) is 1. The Balaban J connectivity index is 2.19. The van der Waals surface area contributed by atoms with E-state index >= 15 is 0 Å². The van der Waals surface area contributed by atoms with Gasteiger partial charge in [-0.3, -0.25) is 4.68 Å². The van der Waals surface area contributed by atoms with Crippen LogP contribution in [0.1, 0.15) is 16.1 Å². The molecule has 1 aromatic carbocycles. The minimum absolute atomic E-state index is 0.00896. The van der Waals surface area contributed by atoms with Crippen LogP contribution in [0.5, 0.6) is 0 Å². The first-order valence-electron chi connectivity index (χ1n) is 5.83. The van der Waals surface area contributed by atoms with Gasteiger partial charge in [-0.05, 0) is 24.6 Å². The lowest BCUT2D eigenvalue weighted by Crippen LogP contribution is -1.99. The van der Waals surface area contributed by atoms with Crippen molar-refractivity contribution in [1.82, 2.24) is 9.78 Å². The first-order valence-corrected chi connectivity index (χ1v) is 5.83. The van der Waals surface area contributed by atoms with Crippen LogP contribution in [0, 0.1) is 6.92 Å². The minimum atomic E-state index is -1.05. The molecule has 0 saturated carbocycles. The molecular weight excluding hydrogens is 244 g/mol. The molecule has 2 aromatic heterocycles. The third kappa shape index (κ3) is 1.79. The molecule has 5 nitrogen and oxygen atoms in total. The molecule has 96 valence electrons. The molecule has 0 spiro atoms. The summed E-state index contributed by atoms with van der Waals surface area (Å²) in [5, 5.41) is 13.9. The fourth-order valence-corrected chi connectivity index (χ4v) is 2.14. The Morgan fingerprint density at radius 2 is 2.16 bits per heavy atom. The summed E-state index contributed by atoms with van der Waals surface area (Å²) in [6.45, 7) is 2.01. The largest absolute Gasteiger partial charge is 0.476 e. The average molecular weight is 256 g/mol. The maximum absolute atomic E-state index is 10.9. The number of hydrogen-bond acceptors (Lipinski definition) is 3. The number of aromatic carboxylic acids is 1. The highest BCUT2D eigenvalue weighted by molar-refractivity contribution is 5.88. The number of nitrogens with zero attached hydrogens (tertiary/aromatic N) is 2. The Morgan fingerprint density at radius 1 is 1.37 bits per heavy atom. The van der Waals surface area contributed by atoms with E-state index in [2.05, 4.69) is 5.10 Å². The third-order valence-corrected chi connectivity index (χ3v) is 3.13. The Kier molecular flexibility index (Phi) is 2.41. The Labute approximate surface area is 109 Å². The molecule has 1 N–H and O–H groups in total. The van der Waals surface area contributed by atoms with Gasteiger partial charge < -0.3 is 9.52 Å². The number of aryl methyl sites for hydroxylation is 2. The van der Waals surface area contributed by atoms with Crippen molar-refractivity contribution in [2.45, 2.75) is 6.92 Å². The fraction of sp³-hybridized carbons (Fsp3) is 0.143. The molecule has 0 amide bonds. The van der Waals surface area contributed by atoms with Crippen LogP contribution in [0.15, 0.2) is 34.7 Å². The second kappa shape index (κ2) is 3.98.